The molecule has 11 atom stereocenters. The van der Waals surface area contributed by atoms with Crippen molar-refractivity contribution in [3.05, 3.63) is 45.7 Å². The van der Waals surface area contributed by atoms with Gasteiger partial charge in [-0.25, -0.2) is 4.79 Å². The molecule has 8 saturated carbocycles. The SMILES string of the molecule is Cc1ccc(C(=O)C2=C[C@@]34C=C[C@@]25[C@@H]2CC[C@@](O)(CN(CC67CC8CC(CC(C8)C6)C7)C(=O)O[C@H]6C[C@@H](C)CC[C@@H]6C(C)C)[C@@]2(C)CC[C@@H]5[C@@]3(C)CCC(O)C4)s1. The quantitative estimate of drug-likeness (QED) is 0.202. The molecule has 12 rings (SSSR count). The lowest BCUT2D eigenvalue weighted by molar-refractivity contribution is -0.177. The van der Waals surface area contributed by atoms with Gasteiger partial charge in [-0.15, -0.1) is 11.3 Å². The molecule has 6 nitrogen and oxygen atoms in total. The average molecular weight is 798 g/mol. The maximum absolute atomic E-state index is 15.0. The van der Waals surface area contributed by atoms with Gasteiger partial charge in [0.15, 0.2) is 5.78 Å². The number of ketones is 1. The highest BCUT2D eigenvalue weighted by Gasteiger charge is 2.75. The fourth-order valence-corrected chi connectivity index (χ4v) is 18.0. The number of aryl methyl sites for hydroxylation is 1. The van der Waals surface area contributed by atoms with Gasteiger partial charge in [0.25, 0.3) is 0 Å². The number of aliphatic hydroxyl groups excluding tert-OH is 1. The van der Waals surface area contributed by atoms with Gasteiger partial charge in [-0.05, 0) is 174 Å². The van der Waals surface area contributed by atoms with Crippen LogP contribution in [0.25, 0.3) is 0 Å². The Morgan fingerprint density at radius 2 is 1.53 bits per heavy atom. The summed E-state index contributed by atoms with van der Waals surface area (Å²) in [6.07, 6.45) is 23.1. The first kappa shape index (κ1) is 39.2. The summed E-state index contributed by atoms with van der Waals surface area (Å²) in [5, 5.41) is 24.7. The number of Topliss-reactive ketones (excluding diaryl/α,β-unsaturated/α-hetero) is 1. The number of nitrogens with zero attached hydrogens (tertiary/aromatic N) is 1. The van der Waals surface area contributed by atoms with E-state index in [9.17, 15) is 19.8 Å². The normalized spacial score (nSPS) is 49.0. The van der Waals surface area contributed by atoms with Crippen molar-refractivity contribution in [2.75, 3.05) is 13.1 Å². The predicted octanol–water partition coefficient (Wildman–Crippen LogP) is 10.9. The van der Waals surface area contributed by atoms with Gasteiger partial charge in [-0.1, -0.05) is 59.3 Å². The van der Waals surface area contributed by atoms with Crippen LogP contribution >= 0.6 is 11.3 Å². The number of hydrogen-bond acceptors (Lipinski definition) is 6. The Morgan fingerprint density at radius 1 is 0.860 bits per heavy atom. The molecule has 6 bridgehead atoms. The van der Waals surface area contributed by atoms with E-state index in [1.807, 2.05) is 6.07 Å². The molecule has 312 valence electrons. The van der Waals surface area contributed by atoms with Crippen LogP contribution in [0.1, 0.15) is 152 Å². The molecule has 1 aromatic heterocycles. The molecule has 1 heterocycles. The Morgan fingerprint density at radius 3 is 2.19 bits per heavy atom. The highest BCUT2D eigenvalue weighted by molar-refractivity contribution is 7.14. The second-order valence-electron chi connectivity index (χ2n) is 23.1. The maximum atomic E-state index is 15.0. The average Bonchev–Trinajstić information content (AvgIpc) is 3.70. The van der Waals surface area contributed by atoms with Crippen molar-refractivity contribution >= 4 is 23.2 Å². The zero-order valence-corrected chi connectivity index (χ0v) is 36.7. The zero-order chi connectivity index (χ0) is 39.9. The zero-order valence-electron chi connectivity index (χ0n) is 35.9. The second-order valence-corrected chi connectivity index (χ2v) is 24.4. The smallest absolute Gasteiger partial charge is 0.410 e. The first-order valence-electron chi connectivity index (χ1n) is 23.4. The minimum Gasteiger partial charge on any atom is -0.446 e. The minimum atomic E-state index is -1.10. The fourth-order valence-electron chi connectivity index (χ4n) is 17.1. The summed E-state index contributed by atoms with van der Waals surface area (Å²) < 4.78 is 6.74. The number of hydrogen-bond donors (Lipinski definition) is 2. The molecule has 0 aliphatic heterocycles. The van der Waals surface area contributed by atoms with Gasteiger partial charge in [0.2, 0.25) is 0 Å². The van der Waals surface area contributed by atoms with Crippen molar-refractivity contribution < 1.29 is 24.5 Å². The van der Waals surface area contributed by atoms with Crippen LogP contribution in [0.5, 0.6) is 0 Å². The van der Waals surface area contributed by atoms with Crippen LogP contribution in [0, 0.1) is 81.3 Å². The van der Waals surface area contributed by atoms with Crippen LogP contribution in [0.15, 0.2) is 35.9 Å². The molecule has 1 unspecified atom stereocenters. The topological polar surface area (TPSA) is 87.1 Å². The van der Waals surface area contributed by atoms with Gasteiger partial charge in [-0.3, -0.25) is 4.79 Å². The number of ether oxygens (including phenoxy) is 1. The lowest BCUT2D eigenvalue weighted by atomic mass is 9.32. The van der Waals surface area contributed by atoms with Gasteiger partial charge in [0.1, 0.15) is 6.10 Å². The summed E-state index contributed by atoms with van der Waals surface area (Å²) in [7, 11) is 0. The van der Waals surface area contributed by atoms with Crippen LogP contribution in [0.2, 0.25) is 0 Å². The third kappa shape index (κ3) is 5.71. The lowest BCUT2D eigenvalue weighted by Gasteiger charge is -2.71. The lowest BCUT2D eigenvalue weighted by Crippen LogP contribution is -2.67. The largest absolute Gasteiger partial charge is 0.446 e. The Kier molecular flexibility index (Phi) is 9.12. The molecular formula is C50H71NO5S. The summed E-state index contributed by atoms with van der Waals surface area (Å²) in [5.74, 6) is 4.14. The second kappa shape index (κ2) is 13.3. The highest BCUT2D eigenvalue weighted by atomic mass is 32.1. The van der Waals surface area contributed by atoms with Crippen molar-refractivity contribution in [2.45, 2.75) is 162 Å². The maximum Gasteiger partial charge on any atom is 0.410 e. The Hall–Kier alpha value is -1.96. The molecule has 0 aromatic carbocycles. The number of thiophene rings is 1. The summed E-state index contributed by atoms with van der Waals surface area (Å²) >= 11 is 1.59. The molecule has 1 amide bonds. The number of carbonyl (C=O) groups is 2. The van der Waals surface area contributed by atoms with Gasteiger partial charge >= 0.3 is 6.09 Å². The van der Waals surface area contributed by atoms with E-state index in [-0.39, 0.29) is 52.2 Å². The summed E-state index contributed by atoms with van der Waals surface area (Å²) in [5.41, 5.74) is -1.49. The molecule has 7 heteroatoms. The Bertz CT molecular complexity index is 1830. The summed E-state index contributed by atoms with van der Waals surface area (Å²) in [4.78, 5) is 34.0. The van der Waals surface area contributed by atoms with Gasteiger partial charge in [0, 0.05) is 33.2 Å². The van der Waals surface area contributed by atoms with Crippen molar-refractivity contribution in [3.8, 4) is 0 Å². The molecule has 57 heavy (non-hydrogen) atoms. The van der Waals surface area contributed by atoms with E-state index in [4.69, 9.17) is 4.74 Å². The standard InChI is InChI=1S/C50H71NO5S/c1-30(2)37-9-7-31(3)19-39(37)56-44(54)51(28-47-23-33-20-34(24-47)22-35(21-33)25-47)29-49(55)16-13-42-46(49,6)15-12-41-45(5)14-11-36(52)26-48(45)17-18-50(41,42)38(27-48)43(53)40-10-8-32(4)57-40/h8,10,17-18,27,30-31,33-37,39,41-42,52,55H,7,9,11-16,19-26,28-29H2,1-6H3/t31-,33?,34?,35?,36?,37+,39-,41+,42+,45+,46-,47?,48-,49+,50+/m0/s1. The number of rotatable bonds is 8. The number of allylic oxidation sites excluding steroid dienone is 4. The molecule has 0 saturated heterocycles. The van der Waals surface area contributed by atoms with E-state index in [2.05, 4.69) is 70.7 Å². The van der Waals surface area contributed by atoms with Crippen LogP contribution in [-0.4, -0.2) is 57.9 Å². The minimum absolute atomic E-state index is 0.0603. The van der Waals surface area contributed by atoms with E-state index in [0.29, 0.717) is 43.7 Å². The molecule has 0 radical (unpaired) electrons. The van der Waals surface area contributed by atoms with Crippen LogP contribution < -0.4 is 0 Å². The summed E-state index contributed by atoms with van der Waals surface area (Å²) in [6, 6.07) is 4.07. The predicted molar refractivity (Wildman–Crippen MR) is 226 cm³/mol. The molecule has 11 aliphatic carbocycles. The first-order chi connectivity index (χ1) is 27.0. The van der Waals surface area contributed by atoms with E-state index in [1.165, 1.54) is 44.9 Å². The Labute approximate surface area is 346 Å². The van der Waals surface area contributed by atoms with E-state index in [0.717, 1.165) is 78.0 Å². The fraction of sp³-hybridized carbons (Fsp3) is 0.800. The van der Waals surface area contributed by atoms with Crippen LogP contribution in [-0.2, 0) is 4.74 Å². The van der Waals surface area contributed by atoms with E-state index >= 15 is 0 Å². The van der Waals surface area contributed by atoms with Crippen molar-refractivity contribution in [1.29, 1.82) is 0 Å². The number of aliphatic hydroxyl groups is 2. The molecule has 11 aliphatic rings. The number of amides is 1. The number of carbonyl (C=O) groups excluding carboxylic acids is 2. The molecule has 2 N–H and O–H groups in total. The van der Waals surface area contributed by atoms with E-state index in [1.54, 1.807) is 11.3 Å². The third-order valence-electron chi connectivity index (χ3n) is 19.5. The molecule has 2 spiro atoms. The number of fused-ring (bicyclic) bond motifs is 1. The van der Waals surface area contributed by atoms with Gasteiger partial charge in [-0.2, -0.15) is 0 Å². The molecular weight excluding hydrogens is 727 g/mol. The van der Waals surface area contributed by atoms with Crippen LogP contribution in [0.4, 0.5) is 4.79 Å². The van der Waals surface area contributed by atoms with Crippen molar-refractivity contribution in [2.24, 2.45) is 74.4 Å². The van der Waals surface area contributed by atoms with Crippen LogP contribution in [0.3, 0.4) is 0 Å². The van der Waals surface area contributed by atoms with Gasteiger partial charge in [0.05, 0.1) is 23.1 Å². The van der Waals surface area contributed by atoms with Gasteiger partial charge < -0.3 is 19.8 Å². The molecule has 8 fully saturated rings. The Balaban J connectivity index is 1.02. The van der Waals surface area contributed by atoms with Crippen molar-refractivity contribution in [3.63, 3.8) is 0 Å². The van der Waals surface area contributed by atoms with E-state index < -0.39 is 16.4 Å². The highest BCUT2D eigenvalue weighted by Crippen LogP contribution is 2.78. The third-order valence-corrected chi connectivity index (χ3v) is 20.5. The molecule has 1 aromatic rings. The van der Waals surface area contributed by atoms with Crippen molar-refractivity contribution in [1.82, 2.24) is 4.90 Å². The monoisotopic (exact) mass is 798 g/mol. The summed E-state index contributed by atoms with van der Waals surface area (Å²) in [6.45, 7) is 14.7. The first-order valence-corrected chi connectivity index (χ1v) is 24.2.